The maximum absolute atomic E-state index is 11.4. The van der Waals surface area contributed by atoms with Crippen LogP contribution in [0.2, 0.25) is 16.6 Å². The van der Waals surface area contributed by atoms with Crippen LogP contribution in [0.5, 0.6) is 0 Å². The predicted octanol–water partition coefficient (Wildman–Crippen LogP) is 6.17. The minimum atomic E-state index is -2.09. The summed E-state index contributed by atoms with van der Waals surface area (Å²) in [6, 6.07) is 10.0. The first-order chi connectivity index (χ1) is 16.2. The average molecular weight is 511 g/mol. The summed E-state index contributed by atoms with van der Waals surface area (Å²) in [7, 11) is -2.09. The van der Waals surface area contributed by atoms with Gasteiger partial charge in [-0.25, -0.2) is 0 Å². The van der Waals surface area contributed by atoms with Crippen molar-refractivity contribution in [1.82, 2.24) is 0 Å². The van der Waals surface area contributed by atoms with Gasteiger partial charge >= 0.3 is 0 Å². The van der Waals surface area contributed by atoms with E-state index < -0.39 is 26.6 Å². The van der Waals surface area contributed by atoms with E-state index in [0.29, 0.717) is 36.4 Å². The van der Waals surface area contributed by atoms with E-state index in [-0.39, 0.29) is 11.5 Å². The van der Waals surface area contributed by atoms with Crippen LogP contribution in [0.3, 0.4) is 0 Å². The molecule has 0 unspecified atom stereocenters. The van der Waals surface area contributed by atoms with Gasteiger partial charge in [0.05, 0.1) is 19.8 Å². The third-order valence-corrected chi connectivity index (χ3v) is 14.0. The maximum Gasteiger partial charge on any atom is 0.200 e. The summed E-state index contributed by atoms with van der Waals surface area (Å²) in [4.78, 5) is 0. The lowest BCUT2D eigenvalue weighted by Crippen LogP contribution is -2.61. The topological polar surface area (TPSA) is 57.2 Å². The molecule has 1 saturated heterocycles. The Hall–Kier alpha value is -0.673. The molecule has 1 aliphatic rings. The lowest BCUT2D eigenvalue weighted by Gasteiger charge is -2.47. The maximum atomic E-state index is 11.4. The molecule has 7 heteroatoms. The van der Waals surface area contributed by atoms with Crippen molar-refractivity contribution in [1.29, 1.82) is 0 Å². The number of hydrogen-bond acceptors (Lipinski definition) is 6. The van der Waals surface area contributed by atoms with Gasteiger partial charge in [0.25, 0.3) is 0 Å². The number of ether oxygens (including phenoxy) is 3. The Kier molecular flexibility index (Phi) is 12.3. The quantitative estimate of drug-likeness (QED) is 0.238. The summed E-state index contributed by atoms with van der Waals surface area (Å²) in [6.07, 6.45) is -0.557. The van der Waals surface area contributed by atoms with Gasteiger partial charge in [-0.3, -0.25) is 0 Å². The molecule has 1 N–H and O–H groups in total. The molecule has 5 atom stereocenters. The molecule has 0 amide bonds. The van der Waals surface area contributed by atoms with Crippen LogP contribution in [-0.4, -0.2) is 62.2 Å². The third-order valence-electron chi connectivity index (χ3n) is 6.84. The zero-order chi connectivity index (χ0) is 25.3. The van der Waals surface area contributed by atoms with E-state index in [0.717, 1.165) is 11.3 Å². The molecule has 1 aromatic rings. The molecular weight excluding hydrogens is 464 g/mol. The standard InChI is InChI=1S/C27H46O5SSi/c1-9-16-29-25-23(18-31-34(19(3)4,20(5)6)21(7)8)32-27(33-10-2)26(24(25)28)30-17-22-14-12-11-13-15-22/h9,11-15,19-21,23-28H,1,10,16-18H2,2-8H3/t23-,24+,25-,26-,27+/m1/s1. The average Bonchev–Trinajstić information content (AvgIpc) is 2.79. The summed E-state index contributed by atoms with van der Waals surface area (Å²) in [6.45, 7) is 20.7. The lowest BCUT2D eigenvalue weighted by atomic mass is 9.99. The fraction of sp³-hybridized carbons (Fsp3) is 0.704. The highest BCUT2D eigenvalue weighted by molar-refractivity contribution is 7.99. The van der Waals surface area contributed by atoms with Crippen LogP contribution >= 0.6 is 11.8 Å². The third kappa shape index (κ3) is 7.18. The number of aliphatic hydroxyl groups excluding tert-OH is 1. The van der Waals surface area contributed by atoms with Crippen molar-refractivity contribution >= 4 is 20.1 Å². The summed E-state index contributed by atoms with van der Waals surface area (Å²) in [5.41, 5.74) is 2.17. The number of thioether (sulfide) groups is 1. The second-order valence-electron chi connectivity index (χ2n) is 9.97. The minimum Gasteiger partial charge on any atom is -0.413 e. The lowest BCUT2D eigenvalue weighted by molar-refractivity contribution is -0.231. The van der Waals surface area contributed by atoms with Crippen LogP contribution in [0.25, 0.3) is 0 Å². The van der Waals surface area contributed by atoms with Gasteiger partial charge in [-0.2, -0.15) is 0 Å². The Morgan fingerprint density at radius 2 is 1.65 bits per heavy atom. The highest BCUT2D eigenvalue weighted by atomic mass is 32.2. The monoisotopic (exact) mass is 510 g/mol. The first-order valence-electron chi connectivity index (χ1n) is 12.7. The Labute approximate surface area is 212 Å². The fourth-order valence-electron chi connectivity index (χ4n) is 5.38. The molecule has 0 saturated carbocycles. The van der Waals surface area contributed by atoms with Gasteiger partial charge in [-0.15, -0.1) is 18.3 Å². The summed E-state index contributed by atoms with van der Waals surface area (Å²) in [5.74, 6) is 0.858. The van der Waals surface area contributed by atoms with Crippen molar-refractivity contribution in [2.75, 3.05) is 19.0 Å². The zero-order valence-corrected chi connectivity index (χ0v) is 23.9. The van der Waals surface area contributed by atoms with Crippen LogP contribution in [0, 0.1) is 0 Å². The van der Waals surface area contributed by atoms with Gasteiger partial charge in [0, 0.05) is 0 Å². The molecule has 1 aliphatic heterocycles. The van der Waals surface area contributed by atoms with E-state index in [9.17, 15) is 5.11 Å². The summed E-state index contributed by atoms with van der Waals surface area (Å²) in [5, 5.41) is 11.4. The Morgan fingerprint density at radius 1 is 1.03 bits per heavy atom. The molecule has 1 fully saturated rings. The normalized spacial score (nSPS) is 25.9. The number of hydrogen-bond donors (Lipinski definition) is 1. The van der Waals surface area contributed by atoms with Crippen LogP contribution in [0.1, 0.15) is 54.0 Å². The second-order valence-corrected chi connectivity index (χ2v) is 16.8. The molecule has 194 valence electrons. The SMILES string of the molecule is C=CCO[C@H]1[C@H](O)[C@@H](OCc2ccccc2)[C@H](SCC)O[C@@H]1CO[Si](C(C)C)(C(C)C)C(C)C. The molecule has 0 bridgehead atoms. The van der Waals surface area contributed by atoms with E-state index in [2.05, 4.69) is 55.0 Å². The Bertz CT molecular complexity index is 692. The fourth-order valence-corrected chi connectivity index (χ4v) is 11.8. The van der Waals surface area contributed by atoms with Crippen molar-refractivity contribution in [2.45, 2.75) is 102 Å². The largest absolute Gasteiger partial charge is 0.413 e. The number of rotatable bonds is 14. The molecule has 1 heterocycles. The van der Waals surface area contributed by atoms with Crippen LogP contribution < -0.4 is 0 Å². The van der Waals surface area contributed by atoms with Gasteiger partial charge in [0.2, 0.25) is 0 Å². The molecule has 2 rings (SSSR count). The van der Waals surface area contributed by atoms with Gasteiger partial charge in [0.15, 0.2) is 8.32 Å². The van der Waals surface area contributed by atoms with Gasteiger partial charge in [-0.1, -0.05) is 84.9 Å². The molecule has 34 heavy (non-hydrogen) atoms. The van der Waals surface area contributed by atoms with Crippen molar-refractivity contribution in [2.24, 2.45) is 0 Å². The van der Waals surface area contributed by atoms with Crippen LogP contribution in [-0.2, 0) is 25.2 Å². The Morgan fingerprint density at radius 3 is 2.18 bits per heavy atom. The molecule has 0 spiro atoms. The van der Waals surface area contributed by atoms with E-state index in [4.69, 9.17) is 18.6 Å². The summed E-state index contributed by atoms with van der Waals surface area (Å²) >= 11 is 1.65. The van der Waals surface area contributed by atoms with Crippen molar-refractivity contribution in [3.8, 4) is 0 Å². The predicted molar refractivity (Wildman–Crippen MR) is 145 cm³/mol. The van der Waals surface area contributed by atoms with E-state index in [1.807, 2.05) is 30.3 Å². The zero-order valence-electron chi connectivity index (χ0n) is 22.1. The minimum absolute atomic E-state index is 0.297. The summed E-state index contributed by atoms with van der Waals surface area (Å²) < 4.78 is 25.7. The highest BCUT2D eigenvalue weighted by Crippen LogP contribution is 2.43. The van der Waals surface area contributed by atoms with Crippen molar-refractivity contribution < 1.29 is 23.7 Å². The Balaban J connectivity index is 2.24. The smallest absolute Gasteiger partial charge is 0.200 e. The molecule has 1 aromatic carbocycles. The molecular formula is C27H46O5SSi. The van der Waals surface area contributed by atoms with E-state index >= 15 is 0 Å². The van der Waals surface area contributed by atoms with Gasteiger partial charge in [0.1, 0.15) is 29.9 Å². The molecule has 0 radical (unpaired) electrons. The van der Waals surface area contributed by atoms with Crippen LogP contribution in [0.4, 0.5) is 0 Å². The molecule has 0 aromatic heterocycles. The van der Waals surface area contributed by atoms with Crippen molar-refractivity contribution in [3.05, 3.63) is 48.6 Å². The van der Waals surface area contributed by atoms with E-state index in [1.165, 1.54) is 0 Å². The molecule has 0 aliphatic carbocycles. The van der Waals surface area contributed by atoms with E-state index in [1.54, 1.807) is 17.8 Å². The first-order valence-corrected chi connectivity index (χ1v) is 15.8. The van der Waals surface area contributed by atoms with Gasteiger partial charge in [-0.05, 0) is 27.9 Å². The highest BCUT2D eigenvalue weighted by Gasteiger charge is 2.50. The second kappa shape index (κ2) is 14.2. The molecule has 5 nitrogen and oxygen atoms in total. The first kappa shape index (κ1) is 29.6. The van der Waals surface area contributed by atoms with Gasteiger partial charge < -0.3 is 23.7 Å². The van der Waals surface area contributed by atoms with Crippen molar-refractivity contribution in [3.63, 3.8) is 0 Å². The van der Waals surface area contributed by atoms with Crippen LogP contribution in [0.15, 0.2) is 43.0 Å². The number of benzene rings is 1. The number of aliphatic hydroxyl groups is 1.